The Morgan fingerprint density at radius 2 is 0.495 bits per heavy atom. The first kappa shape index (κ1) is 57.0. The van der Waals surface area contributed by atoms with Gasteiger partial charge in [-0.05, 0) is 213 Å². The second-order valence-corrected chi connectivity index (χ2v) is 29.2. The fourth-order valence-corrected chi connectivity index (χ4v) is 16.9. The number of benzene rings is 11. The van der Waals surface area contributed by atoms with Crippen LogP contribution in [-0.2, 0) is 21.7 Å². The van der Waals surface area contributed by atoms with Gasteiger partial charge in [-0.15, -0.1) is 0 Å². The van der Waals surface area contributed by atoms with Crippen LogP contribution in [0, 0.1) is 11.8 Å². The minimum atomic E-state index is -0.196. The van der Waals surface area contributed by atoms with Crippen LogP contribution >= 0.6 is 0 Å². The Morgan fingerprint density at radius 3 is 0.802 bits per heavy atom. The molecule has 0 amide bonds. The molecule has 0 radical (unpaired) electrons. The van der Waals surface area contributed by atoms with Crippen LogP contribution in [0.3, 0.4) is 0 Å². The maximum Gasteiger partial charge on any atom is 0.0541 e. The van der Waals surface area contributed by atoms with E-state index < -0.39 is 0 Å². The SMILES string of the molecule is CC(C)(c1ccccc1)c1ccc2c(c1)c1cc(-c3ccc4c(c3)c3cc(-c5ccc6c(c5)c5cc(C(C)(C)c7ccccc7)ccc5n6-c5ccc(C(C)(C)C6CCCC6)cc5)ccc3n4-c3ccccc3)ccc1n2-c1ccc(C(C)(C)C2CCCC2)cc1. The van der Waals surface area contributed by atoms with Gasteiger partial charge in [-0.1, -0.05) is 221 Å². The summed E-state index contributed by atoms with van der Waals surface area (Å²) in [5.41, 5.74) is 23.6. The average Bonchev–Trinajstić information content (AvgIpc) is 2.06. The summed E-state index contributed by atoms with van der Waals surface area (Å²) in [4.78, 5) is 0. The quantitative estimate of drug-likeness (QED) is 0.109. The largest absolute Gasteiger partial charge is 0.309 e. The maximum absolute atomic E-state index is 2.51. The highest BCUT2D eigenvalue weighted by atomic mass is 15.0. The van der Waals surface area contributed by atoms with E-state index in [0.29, 0.717) is 0 Å². The Balaban J connectivity index is 0.843. The first-order chi connectivity index (χ1) is 44.1. The fraction of sp³-hybridized carbons (Fsp3) is 0.250. The average molecular weight is 1180 g/mol. The minimum Gasteiger partial charge on any atom is -0.309 e. The smallest absolute Gasteiger partial charge is 0.0541 e. The molecule has 0 saturated heterocycles. The molecule has 2 saturated carbocycles. The van der Waals surface area contributed by atoms with Crippen molar-refractivity contribution in [1.29, 1.82) is 0 Å². The summed E-state index contributed by atoms with van der Waals surface area (Å²) in [6.07, 6.45) is 10.7. The van der Waals surface area contributed by atoms with Crippen molar-refractivity contribution < 1.29 is 0 Å². The number of hydrogen-bond acceptors (Lipinski definition) is 0. The predicted octanol–water partition coefficient (Wildman–Crippen LogP) is 23.9. The van der Waals surface area contributed by atoms with Crippen LogP contribution in [0.5, 0.6) is 0 Å². The molecule has 2 aliphatic rings. The van der Waals surface area contributed by atoms with Gasteiger partial charge in [0.1, 0.15) is 0 Å². The summed E-state index contributed by atoms with van der Waals surface area (Å²) in [5, 5.41) is 7.53. The molecule has 0 aliphatic heterocycles. The minimum absolute atomic E-state index is 0.140. The molecule has 16 rings (SSSR count). The van der Waals surface area contributed by atoms with Gasteiger partial charge in [0.25, 0.3) is 0 Å². The first-order valence-corrected chi connectivity index (χ1v) is 33.8. The lowest BCUT2D eigenvalue weighted by Gasteiger charge is -2.32. The zero-order chi connectivity index (χ0) is 62.0. The van der Waals surface area contributed by atoms with E-state index in [2.05, 4.69) is 318 Å². The highest BCUT2D eigenvalue weighted by Gasteiger charge is 2.35. The molecule has 0 unspecified atom stereocenters. The normalized spacial score (nSPS) is 14.8. The maximum atomic E-state index is 2.51. The van der Waals surface area contributed by atoms with Crippen LogP contribution in [0.15, 0.2) is 249 Å². The fourth-order valence-electron chi connectivity index (χ4n) is 16.9. The first-order valence-electron chi connectivity index (χ1n) is 33.8. The zero-order valence-corrected chi connectivity index (χ0v) is 54.3. The molecule has 3 nitrogen and oxygen atoms in total. The third-order valence-electron chi connectivity index (χ3n) is 22.9. The molecule has 11 aromatic carbocycles. The van der Waals surface area contributed by atoms with Gasteiger partial charge in [0.05, 0.1) is 33.1 Å². The lowest BCUT2D eigenvalue weighted by Crippen LogP contribution is -2.26. The Morgan fingerprint density at radius 1 is 0.242 bits per heavy atom. The molecule has 91 heavy (non-hydrogen) atoms. The summed E-state index contributed by atoms with van der Waals surface area (Å²) in [6, 6.07) is 95.3. The Hall–Kier alpha value is -9.18. The van der Waals surface area contributed by atoms with Crippen LogP contribution in [0.2, 0.25) is 0 Å². The molecule has 3 aromatic heterocycles. The van der Waals surface area contributed by atoms with Crippen molar-refractivity contribution >= 4 is 65.4 Å². The van der Waals surface area contributed by atoms with E-state index in [0.717, 1.165) is 17.5 Å². The lowest BCUT2D eigenvalue weighted by atomic mass is 9.72. The molecule has 2 aliphatic carbocycles. The molecule has 450 valence electrons. The standard InChI is InChI=1S/C88H83N3/c1-85(2,62-26-18-19-27-62)66-36-42-71(43-37-66)90-81-48-34-60(54-75(81)77-56-68(40-50-83(77)90)87(5,6)64-22-12-9-13-23-64)58-32-46-79-73(52-58)74-53-59(33-47-80(74)89(79)70-30-16-11-17-31-70)61-35-49-82-76(55-61)78-57-69(88(7,8)65-24-14-10-15-25-65)41-51-84(78)91(82)72-44-38-67(39-45-72)86(3,4)63-28-20-21-29-63/h9-17,22-25,30-57,62-63H,18-21,26-29H2,1-8H3. The Kier molecular flexibility index (Phi) is 13.6. The second-order valence-electron chi connectivity index (χ2n) is 29.2. The third kappa shape index (κ3) is 9.42. The summed E-state index contributed by atoms with van der Waals surface area (Å²) in [6.45, 7) is 19.3. The van der Waals surface area contributed by atoms with Crippen molar-refractivity contribution in [3.05, 3.63) is 282 Å². The number of nitrogens with zero attached hydrogens (tertiary/aromatic N) is 3. The van der Waals surface area contributed by atoms with E-state index in [-0.39, 0.29) is 21.7 Å². The van der Waals surface area contributed by atoms with Crippen molar-refractivity contribution in [2.24, 2.45) is 11.8 Å². The van der Waals surface area contributed by atoms with Crippen molar-refractivity contribution in [3.8, 4) is 39.3 Å². The van der Waals surface area contributed by atoms with E-state index in [1.807, 2.05) is 0 Å². The number of aromatic nitrogens is 3. The van der Waals surface area contributed by atoms with Gasteiger partial charge in [0.2, 0.25) is 0 Å². The summed E-state index contributed by atoms with van der Waals surface area (Å²) in [7, 11) is 0. The zero-order valence-electron chi connectivity index (χ0n) is 54.3. The van der Waals surface area contributed by atoms with E-state index in [4.69, 9.17) is 0 Å². The van der Waals surface area contributed by atoms with Gasteiger partial charge in [0, 0.05) is 60.2 Å². The monoisotopic (exact) mass is 1180 g/mol. The van der Waals surface area contributed by atoms with Gasteiger partial charge in [-0.2, -0.15) is 0 Å². The van der Waals surface area contributed by atoms with Crippen LogP contribution in [0.4, 0.5) is 0 Å². The molecular weight excluding hydrogens is 1100 g/mol. The molecule has 14 aromatic rings. The van der Waals surface area contributed by atoms with Gasteiger partial charge < -0.3 is 13.7 Å². The molecule has 0 atom stereocenters. The Bertz CT molecular complexity index is 4770. The van der Waals surface area contributed by atoms with Crippen LogP contribution in [0.1, 0.15) is 140 Å². The second kappa shape index (κ2) is 21.8. The summed E-state index contributed by atoms with van der Waals surface area (Å²) >= 11 is 0. The van der Waals surface area contributed by atoms with Crippen molar-refractivity contribution in [1.82, 2.24) is 13.7 Å². The molecule has 2 fully saturated rings. The highest BCUT2D eigenvalue weighted by Crippen LogP contribution is 2.47. The third-order valence-corrected chi connectivity index (χ3v) is 22.9. The Labute approximate surface area is 537 Å². The van der Waals surface area contributed by atoms with E-state index in [1.54, 1.807) is 0 Å². The van der Waals surface area contributed by atoms with Crippen molar-refractivity contribution in [2.75, 3.05) is 0 Å². The van der Waals surface area contributed by atoms with Gasteiger partial charge in [-0.3, -0.25) is 0 Å². The highest BCUT2D eigenvalue weighted by molar-refractivity contribution is 6.15. The lowest BCUT2D eigenvalue weighted by molar-refractivity contribution is 0.325. The molecule has 0 N–H and O–H groups in total. The summed E-state index contributed by atoms with van der Waals surface area (Å²) in [5.74, 6) is 1.45. The van der Waals surface area contributed by atoms with Gasteiger partial charge in [-0.25, -0.2) is 0 Å². The van der Waals surface area contributed by atoms with E-state index in [1.165, 1.54) is 184 Å². The summed E-state index contributed by atoms with van der Waals surface area (Å²) < 4.78 is 7.47. The van der Waals surface area contributed by atoms with Crippen LogP contribution in [0.25, 0.3) is 105 Å². The molecule has 0 spiro atoms. The number of rotatable bonds is 13. The van der Waals surface area contributed by atoms with Crippen LogP contribution in [-0.4, -0.2) is 13.7 Å². The molecule has 3 heteroatoms. The van der Waals surface area contributed by atoms with Gasteiger partial charge in [0.15, 0.2) is 0 Å². The van der Waals surface area contributed by atoms with Crippen molar-refractivity contribution in [2.45, 2.75) is 128 Å². The molecule has 0 bridgehead atoms. The van der Waals surface area contributed by atoms with Crippen LogP contribution < -0.4 is 0 Å². The number of para-hydroxylation sites is 1. The van der Waals surface area contributed by atoms with Gasteiger partial charge >= 0.3 is 0 Å². The van der Waals surface area contributed by atoms with E-state index in [9.17, 15) is 0 Å². The van der Waals surface area contributed by atoms with Crippen molar-refractivity contribution in [3.63, 3.8) is 0 Å². The molecule has 3 heterocycles. The topological polar surface area (TPSA) is 14.8 Å². The molecular formula is C88H83N3. The number of hydrogen-bond donors (Lipinski definition) is 0. The predicted molar refractivity (Wildman–Crippen MR) is 387 cm³/mol. The number of fused-ring (bicyclic) bond motifs is 9. The van der Waals surface area contributed by atoms with E-state index >= 15 is 0 Å².